The number of rotatable bonds is 5. The molecule has 3 amide bonds. The van der Waals surface area contributed by atoms with Crippen molar-refractivity contribution >= 4 is 23.3 Å². The molecule has 0 radical (unpaired) electrons. The Balaban J connectivity index is 1.67. The van der Waals surface area contributed by atoms with E-state index in [4.69, 9.17) is 5.73 Å². The van der Waals surface area contributed by atoms with Crippen molar-refractivity contribution in [2.45, 2.75) is 13.5 Å². The third kappa shape index (κ3) is 3.94. The molecule has 0 aliphatic carbocycles. The molecule has 7 nitrogen and oxygen atoms in total. The maximum absolute atomic E-state index is 12.1. The van der Waals surface area contributed by atoms with Crippen LogP contribution in [0.2, 0.25) is 0 Å². The summed E-state index contributed by atoms with van der Waals surface area (Å²) in [6.45, 7) is 2.75. The van der Waals surface area contributed by atoms with Gasteiger partial charge in [0.05, 0.1) is 6.67 Å². The second kappa shape index (κ2) is 7.60. The maximum atomic E-state index is 12.1. The summed E-state index contributed by atoms with van der Waals surface area (Å²) in [7, 11) is 0. The van der Waals surface area contributed by atoms with E-state index in [2.05, 4.69) is 16.0 Å². The van der Waals surface area contributed by atoms with E-state index < -0.39 is 5.91 Å². The molecule has 1 aliphatic rings. The van der Waals surface area contributed by atoms with Crippen LogP contribution in [0, 0.1) is 6.92 Å². The number of amides is 3. The zero-order valence-electron chi connectivity index (χ0n) is 14.5. The van der Waals surface area contributed by atoms with Crippen LogP contribution in [0.4, 0.5) is 16.2 Å². The zero-order valence-corrected chi connectivity index (χ0v) is 14.5. The first-order chi connectivity index (χ1) is 12.5. The van der Waals surface area contributed by atoms with Crippen LogP contribution in [-0.2, 0) is 11.3 Å². The molecular weight excluding hydrogens is 330 g/mol. The fourth-order valence-electron chi connectivity index (χ4n) is 2.73. The number of benzene rings is 2. The van der Waals surface area contributed by atoms with Crippen molar-refractivity contribution in [3.05, 3.63) is 71.6 Å². The largest absolute Gasteiger partial charge is 0.372 e. The first-order valence-corrected chi connectivity index (χ1v) is 8.25. The Morgan fingerprint density at radius 3 is 2.62 bits per heavy atom. The van der Waals surface area contributed by atoms with Crippen LogP contribution in [0.5, 0.6) is 0 Å². The Morgan fingerprint density at radius 2 is 1.88 bits per heavy atom. The van der Waals surface area contributed by atoms with E-state index in [1.54, 1.807) is 11.1 Å². The van der Waals surface area contributed by atoms with Gasteiger partial charge >= 0.3 is 6.03 Å². The summed E-state index contributed by atoms with van der Waals surface area (Å²) in [5.74, 6) is -0.505. The Kier molecular flexibility index (Phi) is 5.07. The van der Waals surface area contributed by atoms with Gasteiger partial charge < -0.3 is 26.6 Å². The van der Waals surface area contributed by atoms with Crippen molar-refractivity contribution < 1.29 is 9.59 Å². The fraction of sp³-hybridized carbons (Fsp3) is 0.158. The minimum atomic E-state index is -0.505. The van der Waals surface area contributed by atoms with E-state index in [1.165, 1.54) is 0 Å². The number of anilines is 2. The predicted molar refractivity (Wildman–Crippen MR) is 101 cm³/mol. The Bertz CT molecular complexity index is 845. The molecule has 0 fully saturated rings. The van der Waals surface area contributed by atoms with Gasteiger partial charge in [0, 0.05) is 24.1 Å². The molecule has 5 N–H and O–H groups in total. The van der Waals surface area contributed by atoms with Gasteiger partial charge in [0.15, 0.2) is 0 Å². The van der Waals surface area contributed by atoms with Crippen LogP contribution < -0.4 is 26.6 Å². The molecule has 1 aliphatic heterocycles. The Hall–Kier alpha value is -3.48. The average molecular weight is 351 g/mol. The molecule has 134 valence electrons. The maximum Gasteiger partial charge on any atom is 0.319 e. The number of primary amides is 1. The van der Waals surface area contributed by atoms with Gasteiger partial charge in [-0.1, -0.05) is 35.9 Å². The number of para-hydroxylation sites is 1. The van der Waals surface area contributed by atoms with Crippen molar-refractivity contribution in [1.29, 1.82) is 0 Å². The lowest BCUT2D eigenvalue weighted by Gasteiger charge is -2.22. The standard InChI is InChI=1S/C19H21N5O2/c1-13-6-8-15(9-7-13)23-19(26)22-10-14-4-2-3-5-16(14)24-12-21-11-17(24)18(20)25/h2-9,11,21H,10,12H2,1H3,(H2,20,25)(H2,22,23,26). The minimum Gasteiger partial charge on any atom is -0.372 e. The topological polar surface area (TPSA) is 99.5 Å². The third-order valence-corrected chi connectivity index (χ3v) is 4.06. The lowest BCUT2D eigenvalue weighted by molar-refractivity contribution is -0.114. The van der Waals surface area contributed by atoms with E-state index in [-0.39, 0.29) is 6.03 Å². The molecule has 0 unspecified atom stereocenters. The highest BCUT2D eigenvalue weighted by molar-refractivity contribution is 5.96. The number of hydrogen-bond acceptors (Lipinski definition) is 4. The van der Waals surface area contributed by atoms with Crippen molar-refractivity contribution in [3.8, 4) is 0 Å². The highest BCUT2D eigenvalue weighted by Crippen LogP contribution is 2.25. The number of nitrogens with one attached hydrogen (secondary N) is 3. The average Bonchev–Trinajstić information content (AvgIpc) is 3.12. The molecule has 0 spiro atoms. The molecule has 0 saturated carbocycles. The van der Waals surface area contributed by atoms with Crippen LogP contribution in [0.1, 0.15) is 11.1 Å². The molecule has 2 aromatic rings. The number of urea groups is 1. The summed E-state index contributed by atoms with van der Waals surface area (Å²) in [4.78, 5) is 25.5. The fourth-order valence-corrected chi connectivity index (χ4v) is 2.73. The summed E-state index contributed by atoms with van der Waals surface area (Å²) in [5, 5.41) is 8.63. The smallest absolute Gasteiger partial charge is 0.319 e. The monoisotopic (exact) mass is 351 g/mol. The zero-order chi connectivity index (χ0) is 18.5. The number of aryl methyl sites for hydroxylation is 1. The van der Waals surface area contributed by atoms with Gasteiger partial charge in [-0.3, -0.25) is 4.79 Å². The highest BCUT2D eigenvalue weighted by atomic mass is 16.2. The van der Waals surface area contributed by atoms with Gasteiger partial charge in [-0.05, 0) is 30.7 Å². The molecule has 1 heterocycles. The molecule has 0 saturated heterocycles. The van der Waals surface area contributed by atoms with Crippen LogP contribution in [0.15, 0.2) is 60.4 Å². The van der Waals surface area contributed by atoms with E-state index in [9.17, 15) is 9.59 Å². The summed E-state index contributed by atoms with van der Waals surface area (Å²) in [6, 6.07) is 14.8. The van der Waals surface area contributed by atoms with Gasteiger partial charge in [0.25, 0.3) is 5.91 Å². The van der Waals surface area contributed by atoms with Crippen molar-refractivity contribution in [3.63, 3.8) is 0 Å². The molecule has 2 aromatic carbocycles. The number of carbonyl (C=O) groups is 2. The molecule has 0 atom stereocenters. The SMILES string of the molecule is Cc1ccc(NC(=O)NCc2ccccc2N2CNC=C2C(N)=O)cc1. The summed E-state index contributed by atoms with van der Waals surface area (Å²) >= 11 is 0. The molecule has 7 heteroatoms. The Morgan fingerprint density at radius 1 is 1.15 bits per heavy atom. The summed E-state index contributed by atoms with van der Waals surface area (Å²) in [5.41, 5.74) is 9.36. The van der Waals surface area contributed by atoms with Crippen LogP contribution in [0.25, 0.3) is 0 Å². The van der Waals surface area contributed by atoms with Crippen molar-refractivity contribution in [2.75, 3.05) is 16.9 Å². The molecule has 3 rings (SSSR count). The highest BCUT2D eigenvalue weighted by Gasteiger charge is 2.22. The molecule has 0 bridgehead atoms. The van der Waals surface area contributed by atoms with Crippen molar-refractivity contribution in [1.82, 2.24) is 10.6 Å². The number of nitrogens with zero attached hydrogens (tertiary/aromatic N) is 1. The first kappa shape index (κ1) is 17.3. The third-order valence-electron chi connectivity index (χ3n) is 4.06. The van der Waals surface area contributed by atoms with E-state index >= 15 is 0 Å². The lowest BCUT2D eigenvalue weighted by atomic mass is 10.1. The second-order valence-corrected chi connectivity index (χ2v) is 5.99. The second-order valence-electron chi connectivity index (χ2n) is 5.99. The number of hydrogen-bond donors (Lipinski definition) is 4. The molecular formula is C19H21N5O2. The van der Waals surface area contributed by atoms with Crippen LogP contribution >= 0.6 is 0 Å². The van der Waals surface area contributed by atoms with Crippen LogP contribution in [-0.4, -0.2) is 18.6 Å². The molecule has 0 aromatic heterocycles. The van der Waals surface area contributed by atoms with Gasteiger partial charge in [0.1, 0.15) is 5.70 Å². The first-order valence-electron chi connectivity index (χ1n) is 8.25. The van der Waals surface area contributed by atoms with Gasteiger partial charge in [-0.15, -0.1) is 0 Å². The quantitative estimate of drug-likeness (QED) is 0.662. The van der Waals surface area contributed by atoms with Gasteiger partial charge in [-0.25, -0.2) is 4.79 Å². The minimum absolute atomic E-state index is 0.297. The summed E-state index contributed by atoms with van der Waals surface area (Å²) in [6.07, 6.45) is 1.59. The number of carbonyl (C=O) groups excluding carboxylic acids is 2. The predicted octanol–water partition coefficient (Wildman–Crippen LogP) is 2.01. The number of nitrogens with two attached hydrogens (primary N) is 1. The van der Waals surface area contributed by atoms with E-state index in [0.29, 0.717) is 18.9 Å². The van der Waals surface area contributed by atoms with E-state index in [1.807, 2.05) is 55.5 Å². The van der Waals surface area contributed by atoms with Gasteiger partial charge in [-0.2, -0.15) is 0 Å². The normalized spacial score (nSPS) is 13.0. The van der Waals surface area contributed by atoms with E-state index in [0.717, 1.165) is 22.5 Å². The van der Waals surface area contributed by atoms with Crippen LogP contribution in [0.3, 0.4) is 0 Å². The van der Waals surface area contributed by atoms with Gasteiger partial charge in [0.2, 0.25) is 0 Å². The summed E-state index contributed by atoms with van der Waals surface area (Å²) < 4.78 is 0. The molecule has 26 heavy (non-hydrogen) atoms. The Labute approximate surface area is 151 Å². The van der Waals surface area contributed by atoms with Crippen molar-refractivity contribution in [2.24, 2.45) is 5.73 Å². The lowest BCUT2D eigenvalue weighted by Crippen LogP contribution is -2.32.